The number of carboxylic acids is 1. The van der Waals surface area contributed by atoms with Crippen molar-refractivity contribution in [3.05, 3.63) is 17.5 Å². The molecular formula is C12H15F3N4O3. The maximum absolute atomic E-state index is 12.3. The zero-order valence-electron chi connectivity index (χ0n) is 11.8. The number of aryl methyl sites for hydroxylation is 1. The Labute approximate surface area is 123 Å². The van der Waals surface area contributed by atoms with Crippen LogP contribution < -0.4 is 0 Å². The Hall–Kier alpha value is -2.10. The van der Waals surface area contributed by atoms with Gasteiger partial charge in [0, 0.05) is 39.8 Å². The molecule has 0 atom stereocenters. The van der Waals surface area contributed by atoms with Crippen LogP contribution in [0.4, 0.5) is 13.2 Å². The molecule has 2 rings (SSSR count). The van der Waals surface area contributed by atoms with Gasteiger partial charge in [-0.15, -0.1) is 0 Å². The van der Waals surface area contributed by atoms with Crippen LogP contribution in [0.15, 0.2) is 6.20 Å². The molecule has 1 fully saturated rings. The second-order valence-corrected chi connectivity index (χ2v) is 5.00. The second-order valence-electron chi connectivity index (χ2n) is 5.00. The van der Waals surface area contributed by atoms with Gasteiger partial charge in [0.05, 0.1) is 11.9 Å². The van der Waals surface area contributed by atoms with Crippen LogP contribution in [-0.2, 0) is 18.4 Å². The van der Waals surface area contributed by atoms with Crippen molar-refractivity contribution in [2.75, 3.05) is 26.2 Å². The minimum Gasteiger partial charge on any atom is -0.478 e. The smallest absolute Gasteiger partial charge is 0.471 e. The quantitative estimate of drug-likeness (QED) is 0.868. The van der Waals surface area contributed by atoms with Crippen molar-refractivity contribution in [3.8, 4) is 0 Å². The van der Waals surface area contributed by atoms with E-state index in [2.05, 4.69) is 5.10 Å². The zero-order valence-corrected chi connectivity index (χ0v) is 11.8. The molecule has 1 aromatic rings. The minimum atomic E-state index is -4.86. The summed E-state index contributed by atoms with van der Waals surface area (Å²) in [6, 6.07) is 0. The van der Waals surface area contributed by atoms with E-state index < -0.39 is 18.1 Å². The molecule has 7 nitrogen and oxygen atoms in total. The van der Waals surface area contributed by atoms with E-state index in [1.54, 1.807) is 11.9 Å². The Morgan fingerprint density at radius 3 is 2.36 bits per heavy atom. The summed E-state index contributed by atoms with van der Waals surface area (Å²) in [6.45, 7) is 0.654. The van der Waals surface area contributed by atoms with Gasteiger partial charge in [0.2, 0.25) is 0 Å². The van der Waals surface area contributed by atoms with Crippen molar-refractivity contribution >= 4 is 11.9 Å². The van der Waals surface area contributed by atoms with Crippen molar-refractivity contribution in [2.24, 2.45) is 7.05 Å². The molecule has 1 N–H and O–H groups in total. The van der Waals surface area contributed by atoms with Gasteiger partial charge < -0.3 is 10.0 Å². The van der Waals surface area contributed by atoms with E-state index in [1.807, 2.05) is 0 Å². The summed E-state index contributed by atoms with van der Waals surface area (Å²) in [5.74, 6) is -2.94. The van der Waals surface area contributed by atoms with Crippen LogP contribution in [-0.4, -0.2) is 68.9 Å². The molecule has 1 aliphatic rings. The highest BCUT2D eigenvalue weighted by atomic mass is 19.4. The van der Waals surface area contributed by atoms with E-state index >= 15 is 0 Å². The molecule has 0 radical (unpaired) electrons. The molecule has 0 spiro atoms. The van der Waals surface area contributed by atoms with Crippen LogP contribution in [0.3, 0.4) is 0 Å². The lowest BCUT2D eigenvalue weighted by Gasteiger charge is -2.34. The van der Waals surface area contributed by atoms with Crippen molar-refractivity contribution < 1.29 is 27.9 Å². The highest BCUT2D eigenvalue weighted by Crippen LogP contribution is 2.20. The molecule has 0 aromatic carbocycles. The SMILES string of the molecule is Cn1ncc(C(=O)O)c1CN1CCN(C(=O)C(F)(F)F)CC1. The molecule has 122 valence electrons. The lowest BCUT2D eigenvalue weighted by molar-refractivity contribution is -0.187. The first-order valence-electron chi connectivity index (χ1n) is 6.52. The third kappa shape index (κ3) is 3.38. The summed E-state index contributed by atoms with van der Waals surface area (Å²) in [5.41, 5.74) is 0.541. The van der Waals surface area contributed by atoms with Crippen molar-refractivity contribution in [1.82, 2.24) is 19.6 Å². The highest BCUT2D eigenvalue weighted by Gasteiger charge is 2.43. The number of nitrogens with zero attached hydrogens (tertiary/aromatic N) is 4. The van der Waals surface area contributed by atoms with Gasteiger partial charge in [0.25, 0.3) is 0 Å². The fraction of sp³-hybridized carbons (Fsp3) is 0.583. The lowest BCUT2D eigenvalue weighted by Crippen LogP contribution is -2.52. The molecule has 0 aliphatic carbocycles. The standard InChI is InChI=1S/C12H15F3N4O3/c1-17-9(8(6-16-17)10(20)21)7-18-2-4-19(5-3-18)11(22)12(13,14)15/h6H,2-5,7H2,1H3,(H,20,21). The first-order chi connectivity index (χ1) is 10.2. The Balaban J connectivity index is 1.98. The van der Waals surface area contributed by atoms with Crippen molar-refractivity contribution in [1.29, 1.82) is 0 Å². The lowest BCUT2D eigenvalue weighted by atomic mass is 10.2. The Morgan fingerprint density at radius 1 is 1.27 bits per heavy atom. The number of amides is 1. The van der Waals surface area contributed by atoms with E-state index in [0.29, 0.717) is 5.69 Å². The summed E-state index contributed by atoms with van der Waals surface area (Å²) >= 11 is 0. The highest BCUT2D eigenvalue weighted by molar-refractivity contribution is 5.88. The molecular weight excluding hydrogens is 305 g/mol. The van der Waals surface area contributed by atoms with Gasteiger partial charge in [0.15, 0.2) is 0 Å². The van der Waals surface area contributed by atoms with Crippen molar-refractivity contribution in [2.45, 2.75) is 12.7 Å². The predicted octanol–water partition coefficient (Wildman–Crippen LogP) is 0.325. The minimum absolute atomic E-state index is 0.0431. The molecule has 0 saturated carbocycles. The van der Waals surface area contributed by atoms with Gasteiger partial charge in [0.1, 0.15) is 5.56 Å². The molecule has 1 aliphatic heterocycles. The van der Waals surface area contributed by atoms with Crippen LogP contribution in [0.5, 0.6) is 0 Å². The van der Waals surface area contributed by atoms with Crippen LogP contribution in [0.2, 0.25) is 0 Å². The first-order valence-corrected chi connectivity index (χ1v) is 6.52. The number of rotatable bonds is 3. The van der Waals surface area contributed by atoms with Gasteiger partial charge in [-0.05, 0) is 0 Å². The number of piperazine rings is 1. The number of hydrogen-bond donors (Lipinski definition) is 1. The van der Waals surface area contributed by atoms with Crippen molar-refractivity contribution in [3.63, 3.8) is 0 Å². The normalized spacial score (nSPS) is 16.8. The van der Waals surface area contributed by atoms with E-state index in [-0.39, 0.29) is 38.3 Å². The Kier molecular flexibility index (Phi) is 4.40. The number of carbonyl (C=O) groups excluding carboxylic acids is 1. The molecule has 0 bridgehead atoms. The third-order valence-electron chi connectivity index (χ3n) is 3.57. The summed E-state index contributed by atoms with van der Waals surface area (Å²) < 4.78 is 38.5. The van der Waals surface area contributed by atoms with Gasteiger partial charge in [-0.1, -0.05) is 0 Å². The third-order valence-corrected chi connectivity index (χ3v) is 3.57. The molecule has 0 unspecified atom stereocenters. The van der Waals surface area contributed by atoms with E-state index in [9.17, 15) is 22.8 Å². The fourth-order valence-electron chi connectivity index (χ4n) is 2.33. The van der Waals surface area contributed by atoms with Gasteiger partial charge in [-0.25, -0.2) is 4.79 Å². The summed E-state index contributed by atoms with van der Waals surface area (Å²) in [4.78, 5) is 24.8. The molecule has 1 aromatic heterocycles. The number of aromatic carboxylic acids is 1. The number of aromatic nitrogens is 2. The molecule has 10 heteroatoms. The summed E-state index contributed by atoms with van der Waals surface area (Å²) in [5, 5.41) is 12.9. The zero-order chi connectivity index (χ0) is 16.5. The van der Waals surface area contributed by atoms with E-state index in [1.165, 1.54) is 10.9 Å². The maximum Gasteiger partial charge on any atom is 0.471 e. The maximum atomic E-state index is 12.3. The number of alkyl halides is 3. The molecule has 2 heterocycles. The molecule has 22 heavy (non-hydrogen) atoms. The number of carbonyl (C=O) groups is 2. The summed E-state index contributed by atoms with van der Waals surface area (Å²) in [6.07, 6.45) is -3.62. The van der Waals surface area contributed by atoms with Gasteiger partial charge in [-0.2, -0.15) is 18.3 Å². The van der Waals surface area contributed by atoms with Crippen LogP contribution in [0.25, 0.3) is 0 Å². The number of hydrogen-bond acceptors (Lipinski definition) is 4. The van der Waals surface area contributed by atoms with Crippen LogP contribution in [0.1, 0.15) is 16.1 Å². The first kappa shape index (κ1) is 16.3. The molecule has 1 amide bonds. The summed E-state index contributed by atoms with van der Waals surface area (Å²) in [7, 11) is 1.60. The monoisotopic (exact) mass is 320 g/mol. The number of halogens is 3. The van der Waals surface area contributed by atoms with Crippen LogP contribution in [0, 0.1) is 0 Å². The topological polar surface area (TPSA) is 78.7 Å². The van der Waals surface area contributed by atoms with Crippen LogP contribution >= 0.6 is 0 Å². The molecule has 1 saturated heterocycles. The van der Waals surface area contributed by atoms with E-state index in [0.717, 1.165) is 4.90 Å². The average Bonchev–Trinajstić information content (AvgIpc) is 2.79. The Morgan fingerprint density at radius 2 is 1.86 bits per heavy atom. The average molecular weight is 320 g/mol. The Bertz CT molecular complexity index is 577. The van der Waals surface area contributed by atoms with Gasteiger partial charge >= 0.3 is 18.1 Å². The van der Waals surface area contributed by atoms with E-state index in [4.69, 9.17) is 5.11 Å². The van der Waals surface area contributed by atoms with Gasteiger partial charge in [-0.3, -0.25) is 14.4 Å². The largest absolute Gasteiger partial charge is 0.478 e. The second kappa shape index (κ2) is 5.95. The predicted molar refractivity (Wildman–Crippen MR) is 68.1 cm³/mol. The number of carboxylic acid groups (broad SMARTS) is 1. The fourth-order valence-corrected chi connectivity index (χ4v) is 2.33.